The second-order valence-electron chi connectivity index (χ2n) is 9.40. The van der Waals surface area contributed by atoms with Gasteiger partial charge in [-0.15, -0.1) is 0 Å². The zero-order chi connectivity index (χ0) is 28.7. The van der Waals surface area contributed by atoms with Crippen LogP contribution in [0, 0.1) is 5.82 Å². The molecule has 4 N–H and O–H groups in total. The van der Waals surface area contributed by atoms with Crippen LogP contribution in [0.25, 0.3) is 5.57 Å². The maximum absolute atomic E-state index is 13.7. The summed E-state index contributed by atoms with van der Waals surface area (Å²) in [5.74, 6) is -1.80. The lowest BCUT2D eigenvalue weighted by molar-refractivity contribution is -0.135. The predicted octanol–water partition coefficient (Wildman–Crippen LogP) is 1.27. The van der Waals surface area contributed by atoms with Gasteiger partial charge in [0.1, 0.15) is 11.9 Å². The van der Waals surface area contributed by atoms with Gasteiger partial charge in [-0.1, -0.05) is 11.8 Å². The summed E-state index contributed by atoms with van der Waals surface area (Å²) in [6.45, 7) is 4.29. The number of hydrogen-bond acceptors (Lipinski definition) is 6. The second kappa shape index (κ2) is 12.9. The van der Waals surface area contributed by atoms with Crippen molar-refractivity contribution in [3.63, 3.8) is 0 Å². The van der Waals surface area contributed by atoms with Gasteiger partial charge in [-0.05, 0) is 52.2 Å². The molecule has 1 aromatic carbocycles. The minimum atomic E-state index is -0.685. The first-order valence-electron chi connectivity index (χ1n) is 12.4. The van der Waals surface area contributed by atoms with Crippen LogP contribution in [-0.4, -0.2) is 80.2 Å². The van der Waals surface area contributed by atoms with Crippen LogP contribution in [0.1, 0.15) is 19.4 Å². The van der Waals surface area contributed by atoms with Crippen LogP contribution in [0.4, 0.5) is 10.1 Å². The van der Waals surface area contributed by atoms with Gasteiger partial charge in [-0.3, -0.25) is 19.2 Å². The Morgan fingerprint density at radius 2 is 1.87 bits per heavy atom. The molecule has 2 aliphatic heterocycles. The number of nitrogens with one attached hydrogen (secondary N) is 4. The molecule has 2 heterocycles. The third kappa shape index (κ3) is 7.53. The van der Waals surface area contributed by atoms with E-state index in [9.17, 15) is 23.6 Å². The Bertz CT molecular complexity index is 1340. The summed E-state index contributed by atoms with van der Waals surface area (Å²) in [7, 11) is 5.33. The Kier molecular flexibility index (Phi) is 9.59. The Morgan fingerprint density at radius 3 is 2.56 bits per heavy atom. The van der Waals surface area contributed by atoms with Crippen molar-refractivity contribution < 1.29 is 23.6 Å². The smallest absolute Gasteiger partial charge is 0.256 e. The Morgan fingerprint density at radius 1 is 1.15 bits per heavy atom. The van der Waals surface area contributed by atoms with Gasteiger partial charge in [-0.2, -0.15) is 0 Å². The van der Waals surface area contributed by atoms with E-state index in [1.54, 1.807) is 33.0 Å². The number of halogens is 1. The van der Waals surface area contributed by atoms with E-state index in [-0.39, 0.29) is 42.3 Å². The molecule has 1 atom stereocenters. The number of nitrogens with zero attached hydrogens (tertiary/aromatic N) is 2. The quantitative estimate of drug-likeness (QED) is 0.203. The maximum Gasteiger partial charge on any atom is 0.256 e. The lowest BCUT2D eigenvalue weighted by Gasteiger charge is -2.23. The zero-order valence-corrected chi connectivity index (χ0v) is 22.6. The molecule has 0 bridgehead atoms. The van der Waals surface area contributed by atoms with Crippen LogP contribution in [0.5, 0.6) is 0 Å². The lowest BCUT2D eigenvalue weighted by atomic mass is 10.0. The molecule has 2 aliphatic rings. The van der Waals surface area contributed by atoms with Crippen molar-refractivity contribution in [2.24, 2.45) is 0 Å². The molecule has 206 valence electrons. The highest BCUT2D eigenvalue weighted by molar-refractivity contribution is 6.31. The van der Waals surface area contributed by atoms with Crippen molar-refractivity contribution in [1.82, 2.24) is 25.8 Å². The van der Waals surface area contributed by atoms with Crippen LogP contribution in [0.3, 0.4) is 0 Å². The average molecular weight is 537 g/mol. The lowest BCUT2D eigenvalue weighted by Crippen LogP contribution is -2.47. The van der Waals surface area contributed by atoms with Gasteiger partial charge in [-0.25, -0.2) is 4.39 Å². The molecule has 0 aliphatic carbocycles. The molecule has 4 amide bonds. The summed E-state index contributed by atoms with van der Waals surface area (Å²) >= 11 is 0. The minimum absolute atomic E-state index is 0.172. The van der Waals surface area contributed by atoms with E-state index in [0.29, 0.717) is 34.6 Å². The number of amides is 4. The number of anilines is 1. The fourth-order valence-corrected chi connectivity index (χ4v) is 3.78. The third-order valence-electron chi connectivity index (χ3n) is 6.14. The standard InChI is InChI=1S/C28H33FN6O4/c1-17-13-20(15-22-21-14-19(29)8-9-24(21)33-28(22)39)32-16-23(17)27(38)31-11-10-30-26(37)18(2)35(5)25(36)7-6-12-34(3)4/h6-9,14-16,18,32H,10-12H2,1-5H3,(H,30,37)(H,31,38)(H,33,39)/b7-6+,22-15-. The third-order valence-corrected chi connectivity index (χ3v) is 6.14. The topological polar surface area (TPSA) is 123 Å². The Hall–Kier alpha value is -4.47. The largest absolute Gasteiger partial charge is 0.354 e. The summed E-state index contributed by atoms with van der Waals surface area (Å²) in [5.41, 5.74) is 5.63. The predicted molar refractivity (Wildman–Crippen MR) is 146 cm³/mol. The van der Waals surface area contributed by atoms with Crippen molar-refractivity contribution in [3.05, 3.63) is 76.6 Å². The molecule has 3 rings (SSSR count). The average Bonchev–Trinajstić information content (AvgIpc) is 3.19. The fourth-order valence-electron chi connectivity index (χ4n) is 3.78. The first kappa shape index (κ1) is 29.1. The van der Waals surface area contributed by atoms with Crippen molar-refractivity contribution in [1.29, 1.82) is 0 Å². The Labute approximate surface area is 227 Å². The van der Waals surface area contributed by atoms with Crippen LogP contribution in [0.15, 0.2) is 65.2 Å². The van der Waals surface area contributed by atoms with E-state index in [1.165, 1.54) is 35.4 Å². The normalized spacial score (nSPS) is 16.1. The van der Waals surface area contributed by atoms with Crippen molar-refractivity contribution >= 4 is 34.9 Å². The highest BCUT2D eigenvalue weighted by Crippen LogP contribution is 2.33. The molecule has 10 nitrogen and oxygen atoms in total. The van der Waals surface area contributed by atoms with Crippen molar-refractivity contribution in [2.75, 3.05) is 46.1 Å². The first-order chi connectivity index (χ1) is 18.5. The number of benzene rings is 1. The molecule has 0 saturated heterocycles. The molecular formula is C28H33FN6O4. The molecule has 0 radical (unpaired) electrons. The maximum atomic E-state index is 13.7. The second-order valence-corrected chi connectivity index (χ2v) is 9.40. The monoisotopic (exact) mass is 536 g/mol. The van der Waals surface area contributed by atoms with E-state index < -0.39 is 11.9 Å². The van der Waals surface area contributed by atoms with Gasteiger partial charge >= 0.3 is 0 Å². The van der Waals surface area contributed by atoms with Gasteiger partial charge in [0.25, 0.3) is 11.8 Å². The SMILES string of the molecule is CC1=C=C(/C=C2\C(=O)Nc3ccc(F)cc32)NC=C1C(=O)NCCNC(=O)C(C)N(C)C(=O)/C=C/CN(C)C. The van der Waals surface area contributed by atoms with E-state index >= 15 is 0 Å². The van der Waals surface area contributed by atoms with E-state index in [0.717, 1.165) is 0 Å². The van der Waals surface area contributed by atoms with Gasteiger partial charge in [0.15, 0.2) is 0 Å². The molecule has 1 aromatic rings. The molecule has 11 heteroatoms. The summed E-state index contributed by atoms with van der Waals surface area (Å²) < 4.78 is 13.7. The molecule has 39 heavy (non-hydrogen) atoms. The van der Waals surface area contributed by atoms with E-state index in [4.69, 9.17) is 0 Å². The summed E-state index contributed by atoms with van der Waals surface area (Å²) in [6, 6.07) is 3.37. The number of hydrogen-bond donors (Lipinski definition) is 4. The highest BCUT2D eigenvalue weighted by Gasteiger charge is 2.25. The van der Waals surface area contributed by atoms with Crippen molar-refractivity contribution in [3.8, 4) is 0 Å². The number of likely N-dealkylation sites (N-methyl/N-ethyl adjacent to an activating group) is 2. The van der Waals surface area contributed by atoms with E-state index in [1.807, 2.05) is 19.0 Å². The number of rotatable bonds is 10. The molecule has 0 aromatic heterocycles. The van der Waals surface area contributed by atoms with Gasteiger partial charge in [0.2, 0.25) is 11.8 Å². The fraction of sp³-hybridized carbons (Fsp3) is 0.321. The van der Waals surface area contributed by atoms with E-state index in [2.05, 4.69) is 27.0 Å². The molecule has 0 spiro atoms. The van der Waals surface area contributed by atoms with Crippen LogP contribution < -0.4 is 21.3 Å². The van der Waals surface area contributed by atoms with Crippen molar-refractivity contribution in [2.45, 2.75) is 19.9 Å². The number of carbonyl (C=O) groups is 4. The Balaban J connectivity index is 1.51. The van der Waals surface area contributed by atoms with Gasteiger partial charge in [0.05, 0.1) is 16.8 Å². The summed E-state index contributed by atoms with van der Waals surface area (Å²) in [5, 5.41) is 11.1. The molecular weight excluding hydrogens is 503 g/mol. The zero-order valence-electron chi connectivity index (χ0n) is 22.6. The first-order valence-corrected chi connectivity index (χ1v) is 12.4. The van der Waals surface area contributed by atoms with Crippen LogP contribution in [0.2, 0.25) is 0 Å². The minimum Gasteiger partial charge on any atom is -0.354 e. The molecule has 0 saturated carbocycles. The van der Waals surface area contributed by atoms with Gasteiger partial charge < -0.3 is 31.1 Å². The highest BCUT2D eigenvalue weighted by atomic mass is 19.1. The van der Waals surface area contributed by atoms with Gasteiger partial charge in [0, 0.05) is 55.8 Å². The molecule has 0 fully saturated rings. The number of fused-ring (bicyclic) bond motifs is 1. The van der Waals surface area contributed by atoms with Crippen LogP contribution in [-0.2, 0) is 19.2 Å². The summed E-state index contributed by atoms with van der Waals surface area (Å²) in [4.78, 5) is 52.9. The summed E-state index contributed by atoms with van der Waals surface area (Å²) in [6.07, 6.45) is 6.21. The van der Waals surface area contributed by atoms with Crippen LogP contribution >= 0.6 is 0 Å². The number of carbonyl (C=O) groups excluding carboxylic acids is 4. The molecule has 1 unspecified atom stereocenters.